The van der Waals surface area contributed by atoms with Crippen molar-refractivity contribution in [2.24, 2.45) is 5.92 Å². The maximum absolute atomic E-state index is 13.8. The zero-order valence-electron chi connectivity index (χ0n) is 24.7. The molecule has 5 atom stereocenters. The molecule has 10 heteroatoms. The lowest BCUT2D eigenvalue weighted by molar-refractivity contribution is -0.223. The number of carbonyl (C=O) groups excluding carboxylic acids is 3. The Morgan fingerprint density at radius 2 is 1.84 bits per heavy atom. The number of hydrogen-bond acceptors (Lipinski definition) is 7. The van der Waals surface area contributed by atoms with E-state index >= 15 is 0 Å². The predicted molar refractivity (Wildman–Crippen MR) is 161 cm³/mol. The lowest BCUT2D eigenvalue weighted by atomic mass is 9.48. The van der Waals surface area contributed by atoms with Crippen LogP contribution < -0.4 is 9.47 Å². The van der Waals surface area contributed by atoms with E-state index in [1.807, 2.05) is 25.2 Å². The number of piperidine rings is 1. The molecule has 3 fully saturated rings. The largest absolute Gasteiger partial charge is 0.483 e. The molecular formula is C33H36Cl2N2O6. The van der Waals surface area contributed by atoms with Crippen molar-refractivity contribution in [3.05, 3.63) is 57.1 Å². The molecule has 2 heterocycles. The summed E-state index contributed by atoms with van der Waals surface area (Å²) < 4.78 is 19.1. The second kappa shape index (κ2) is 10.4. The molecule has 1 spiro atoms. The van der Waals surface area contributed by atoms with Crippen LogP contribution in [0.1, 0.15) is 62.6 Å². The number of ether oxygens (including phenoxy) is 3. The second-order valence-corrected chi connectivity index (χ2v) is 13.8. The molecule has 1 amide bonds. The topological polar surface area (TPSA) is 85.4 Å². The Morgan fingerprint density at radius 1 is 1.05 bits per heavy atom. The minimum atomic E-state index is -0.826. The summed E-state index contributed by atoms with van der Waals surface area (Å²) >= 11 is 12.3. The van der Waals surface area contributed by atoms with Crippen molar-refractivity contribution in [1.82, 2.24) is 9.80 Å². The van der Waals surface area contributed by atoms with Crippen molar-refractivity contribution in [3.63, 3.8) is 0 Å². The standard InChI is InChI=1S/C33H36Cl2N2O6/c1-18(38)41-26-9-7-22-16-27-33(43-19(2)39)11-10-25(36(3)28(40)15-21-6-8-23(34)24(35)14-21)31-32(33,29(22)30(26)42-31)12-13-37(27)17-20-4-5-20/h6-9,14,20,25,27,31H,4-5,10-13,15-17H2,1-3H3/t25-,27+,31-,32-,33+/m0/s1. The molecule has 2 aromatic carbocycles. The molecule has 2 bridgehead atoms. The maximum atomic E-state index is 13.8. The van der Waals surface area contributed by atoms with Gasteiger partial charge in [-0.25, -0.2) is 0 Å². The van der Waals surface area contributed by atoms with E-state index in [4.69, 9.17) is 37.4 Å². The number of nitrogens with zero attached hydrogens (tertiary/aromatic N) is 2. The summed E-state index contributed by atoms with van der Waals surface area (Å²) in [6.45, 7) is 4.70. The molecule has 8 nitrogen and oxygen atoms in total. The lowest BCUT2D eigenvalue weighted by Gasteiger charge is -2.65. The van der Waals surface area contributed by atoms with Crippen LogP contribution in [-0.4, -0.2) is 71.6 Å². The van der Waals surface area contributed by atoms with Crippen molar-refractivity contribution in [1.29, 1.82) is 0 Å². The predicted octanol–water partition coefficient (Wildman–Crippen LogP) is 5.12. The summed E-state index contributed by atoms with van der Waals surface area (Å²) in [5.74, 6) is 0.778. The minimum Gasteiger partial charge on any atom is -0.483 e. The molecule has 0 unspecified atom stereocenters. The van der Waals surface area contributed by atoms with E-state index < -0.39 is 23.1 Å². The van der Waals surface area contributed by atoms with Crippen molar-refractivity contribution < 1.29 is 28.6 Å². The van der Waals surface area contributed by atoms with Crippen LogP contribution in [0.25, 0.3) is 0 Å². The summed E-state index contributed by atoms with van der Waals surface area (Å²) in [5.41, 5.74) is 1.37. The van der Waals surface area contributed by atoms with Crippen molar-refractivity contribution in [2.75, 3.05) is 20.1 Å². The first-order valence-corrected chi connectivity index (χ1v) is 15.9. The van der Waals surface area contributed by atoms with Crippen molar-refractivity contribution in [3.8, 4) is 11.5 Å². The molecule has 0 N–H and O–H groups in total. The molecule has 2 saturated carbocycles. The summed E-state index contributed by atoms with van der Waals surface area (Å²) in [6, 6.07) is 8.79. The van der Waals surface area contributed by atoms with Gasteiger partial charge in [-0.05, 0) is 80.3 Å². The normalized spacial score (nSPS) is 30.2. The van der Waals surface area contributed by atoms with Gasteiger partial charge in [0.15, 0.2) is 11.5 Å². The van der Waals surface area contributed by atoms with Crippen molar-refractivity contribution in [2.45, 2.75) is 88.0 Å². The zero-order valence-corrected chi connectivity index (χ0v) is 26.2. The smallest absolute Gasteiger partial charge is 0.308 e. The highest BCUT2D eigenvalue weighted by Crippen LogP contribution is 2.67. The Morgan fingerprint density at radius 3 is 2.53 bits per heavy atom. The van der Waals surface area contributed by atoms with Crippen LogP contribution in [0.4, 0.5) is 0 Å². The number of benzene rings is 2. The summed E-state index contributed by atoms with van der Waals surface area (Å²) in [5, 5.41) is 0.847. The summed E-state index contributed by atoms with van der Waals surface area (Å²) in [7, 11) is 1.82. The number of halogens is 2. The number of likely N-dealkylation sites (tertiary alicyclic amines) is 1. The van der Waals surface area contributed by atoms with Gasteiger partial charge in [0.05, 0.1) is 34.0 Å². The van der Waals surface area contributed by atoms with Gasteiger partial charge in [-0.1, -0.05) is 35.3 Å². The number of amides is 1. The number of rotatable bonds is 7. The Balaban J connectivity index is 1.32. The van der Waals surface area contributed by atoms with Gasteiger partial charge in [-0.3, -0.25) is 19.3 Å². The molecular weight excluding hydrogens is 591 g/mol. The molecule has 7 rings (SSSR count). The first-order valence-electron chi connectivity index (χ1n) is 15.2. The van der Waals surface area contributed by atoms with Gasteiger partial charge in [0, 0.05) is 33.0 Å². The Kier molecular flexibility index (Phi) is 6.99. The van der Waals surface area contributed by atoms with Gasteiger partial charge in [0.2, 0.25) is 5.91 Å². The zero-order chi connectivity index (χ0) is 30.3. The monoisotopic (exact) mass is 626 g/mol. The molecule has 5 aliphatic rings. The number of esters is 2. The highest BCUT2D eigenvalue weighted by Gasteiger charge is 2.75. The molecule has 228 valence electrons. The number of likely N-dealkylation sites (N-methyl/N-ethyl adjacent to an activating group) is 1. The van der Waals surface area contributed by atoms with E-state index in [1.165, 1.54) is 26.7 Å². The van der Waals surface area contributed by atoms with E-state index in [1.54, 1.807) is 17.0 Å². The number of hydrogen-bond donors (Lipinski definition) is 0. The third-order valence-electron chi connectivity index (χ3n) is 10.5. The van der Waals surface area contributed by atoms with Gasteiger partial charge in [0.1, 0.15) is 11.7 Å². The highest BCUT2D eigenvalue weighted by atomic mass is 35.5. The molecule has 2 aliphatic heterocycles. The fraction of sp³-hybridized carbons (Fsp3) is 0.545. The lowest BCUT2D eigenvalue weighted by Crippen LogP contribution is -2.79. The molecule has 2 aromatic rings. The van der Waals surface area contributed by atoms with Gasteiger partial charge in [-0.15, -0.1) is 0 Å². The Hall–Kier alpha value is -2.81. The van der Waals surface area contributed by atoms with Gasteiger partial charge >= 0.3 is 11.9 Å². The van der Waals surface area contributed by atoms with Gasteiger partial charge in [-0.2, -0.15) is 0 Å². The quantitative estimate of drug-likeness (QED) is 0.311. The maximum Gasteiger partial charge on any atom is 0.308 e. The first-order chi connectivity index (χ1) is 20.5. The molecule has 43 heavy (non-hydrogen) atoms. The van der Waals surface area contributed by atoms with E-state index in [0.29, 0.717) is 46.7 Å². The summed E-state index contributed by atoms with van der Waals surface area (Å²) in [6.07, 6.45) is 4.78. The van der Waals surface area contributed by atoms with Crippen LogP contribution in [0.3, 0.4) is 0 Å². The van der Waals surface area contributed by atoms with E-state index in [0.717, 1.165) is 36.2 Å². The van der Waals surface area contributed by atoms with E-state index in [2.05, 4.69) is 4.90 Å². The molecule has 3 aliphatic carbocycles. The van der Waals surface area contributed by atoms with Gasteiger partial charge < -0.3 is 19.1 Å². The Labute approximate surface area is 261 Å². The van der Waals surface area contributed by atoms with Crippen LogP contribution in [-0.2, 0) is 37.4 Å². The van der Waals surface area contributed by atoms with Gasteiger partial charge in [0.25, 0.3) is 0 Å². The second-order valence-electron chi connectivity index (χ2n) is 13.0. The Bertz CT molecular complexity index is 1530. The van der Waals surface area contributed by atoms with Crippen LogP contribution >= 0.6 is 23.2 Å². The van der Waals surface area contributed by atoms with Crippen LogP contribution in [0, 0.1) is 5.92 Å². The van der Waals surface area contributed by atoms with Crippen LogP contribution in [0.15, 0.2) is 30.3 Å². The molecule has 0 aromatic heterocycles. The summed E-state index contributed by atoms with van der Waals surface area (Å²) in [4.78, 5) is 43.2. The van der Waals surface area contributed by atoms with Crippen LogP contribution in [0.5, 0.6) is 11.5 Å². The SMILES string of the molecule is CC(=O)Oc1ccc2c3c1O[C@H]1[C@@H](N(C)C(=O)Cc4ccc(Cl)c(Cl)c4)CC[C@@]4(OC(C)=O)[C@@H](C2)N(CC2CC2)CC[C@]314. The third-order valence-corrected chi connectivity index (χ3v) is 11.2. The molecule has 1 saturated heterocycles. The van der Waals surface area contributed by atoms with E-state index in [9.17, 15) is 14.4 Å². The fourth-order valence-electron chi connectivity index (χ4n) is 8.65. The van der Waals surface area contributed by atoms with Crippen molar-refractivity contribution >= 4 is 41.0 Å². The average molecular weight is 628 g/mol. The van der Waals surface area contributed by atoms with Crippen LogP contribution in [0.2, 0.25) is 10.0 Å². The first kappa shape index (κ1) is 28.9. The fourth-order valence-corrected chi connectivity index (χ4v) is 8.97. The highest BCUT2D eigenvalue weighted by molar-refractivity contribution is 6.42. The molecule has 0 radical (unpaired) electrons. The third kappa shape index (κ3) is 4.46. The number of carbonyl (C=O) groups is 3. The average Bonchev–Trinajstić information content (AvgIpc) is 3.69. The van der Waals surface area contributed by atoms with E-state index in [-0.39, 0.29) is 30.4 Å². The minimum absolute atomic E-state index is 0.00644.